The van der Waals surface area contributed by atoms with Gasteiger partial charge in [0.25, 0.3) is 0 Å². The second kappa shape index (κ2) is 6.29. The summed E-state index contributed by atoms with van der Waals surface area (Å²) in [7, 11) is 0. The Morgan fingerprint density at radius 1 is 1.15 bits per heavy atom. The average Bonchev–Trinajstić information content (AvgIpc) is 3.12. The second-order valence-corrected chi connectivity index (χ2v) is 8.47. The summed E-state index contributed by atoms with van der Waals surface area (Å²) < 4.78 is 0. The number of nitrogens with one attached hydrogen (secondary N) is 1. The highest BCUT2D eigenvalue weighted by Crippen LogP contribution is 2.44. The monoisotopic (exact) mass is 376 g/mol. The van der Waals surface area contributed by atoms with Gasteiger partial charge in [-0.05, 0) is 54.5 Å². The highest BCUT2D eigenvalue weighted by molar-refractivity contribution is 7.15. The van der Waals surface area contributed by atoms with E-state index >= 15 is 0 Å². The first-order chi connectivity index (χ1) is 13.1. The molecule has 1 amide bonds. The van der Waals surface area contributed by atoms with E-state index in [9.17, 15) is 9.90 Å². The van der Waals surface area contributed by atoms with Gasteiger partial charge < -0.3 is 10.4 Å². The third-order valence-electron chi connectivity index (χ3n) is 5.69. The van der Waals surface area contributed by atoms with Crippen LogP contribution in [0.25, 0.3) is 10.4 Å². The van der Waals surface area contributed by atoms with Crippen LogP contribution < -0.4 is 5.32 Å². The molecule has 4 nitrogen and oxygen atoms in total. The number of carbonyl (C=O) groups excluding carboxylic acids is 1. The first-order valence-corrected chi connectivity index (χ1v) is 10.1. The summed E-state index contributed by atoms with van der Waals surface area (Å²) >= 11 is 1.55. The topological polar surface area (TPSA) is 62.2 Å². The van der Waals surface area contributed by atoms with Crippen molar-refractivity contribution in [2.24, 2.45) is 0 Å². The number of aliphatic hydroxyl groups is 1. The molecule has 2 N–H and O–H groups in total. The fraction of sp³-hybridized carbons (Fsp3) is 0.273. The molecule has 1 fully saturated rings. The molecule has 5 heteroatoms. The predicted octanol–water partition coefficient (Wildman–Crippen LogP) is 4.46. The molecule has 0 spiro atoms. The normalized spacial score (nSPS) is 19.5. The minimum absolute atomic E-state index is 0.0480. The summed E-state index contributed by atoms with van der Waals surface area (Å²) in [6, 6.07) is 15.9. The predicted molar refractivity (Wildman–Crippen MR) is 107 cm³/mol. The van der Waals surface area contributed by atoms with Gasteiger partial charge in [-0.25, -0.2) is 4.98 Å². The minimum atomic E-state index is -0.712. The van der Waals surface area contributed by atoms with Crippen LogP contribution in [0.3, 0.4) is 0 Å². The molecule has 0 aliphatic heterocycles. The quantitative estimate of drug-likeness (QED) is 0.707. The highest BCUT2D eigenvalue weighted by atomic mass is 32.1. The molecule has 0 radical (unpaired) electrons. The van der Waals surface area contributed by atoms with Crippen molar-refractivity contribution >= 4 is 22.9 Å². The Morgan fingerprint density at radius 2 is 1.93 bits per heavy atom. The number of thiazole rings is 1. The summed E-state index contributed by atoms with van der Waals surface area (Å²) in [4.78, 5) is 18.0. The lowest BCUT2D eigenvalue weighted by Crippen LogP contribution is -2.33. The number of carbonyl (C=O) groups is 1. The second-order valence-electron chi connectivity index (χ2n) is 7.44. The molecule has 1 heterocycles. The van der Waals surface area contributed by atoms with Crippen LogP contribution in [0.5, 0.6) is 0 Å². The van der Waals surface area contributed by atoms with E-state index in [-0.39, 0.29) is 11.8 Å². The first kappa shape index (κ1) is 16.7. The molecule has 5 rings (SSSR count). The molecule has 0 bridgehead atoms. The number of amides is 1. The average molecular weight is 376 g/mol. The Balaban J connectivity index is 1.28. The third-order valence-corrected chi connectivity index (χ3v) is 6.93. The Bertz CT molecular complexity index is 1010. The van der Waals surface area contributed by atoms with Gasteiger partial charge in [0.2, 0.25) is 5.91 Å². The van der Waals surface area contributed by atoms with Crippen LogP contribution in [0.15, 0.2) is 54.7 Å². The van der Waals surface area contributed by atoms with Crippen molar-refractivity contribution in [1.29, 1.82) is 0 Å². The van der Waals surface area contributed by atoms with Crippen molar-refractivity contribution in [2.75, 3.05) is 5.32 Å². The van der Waals surface area contributed by atoms with E-state index in [1.165, 1.54) is 5.56 Å². The van der Waals surface area contributed by atoms with Crippen LogP contribution in [-0.4, -0.2) is 16.0 Å². The molecule has 2 aliphatic rings. The standard InChI is InChI=1S/C22H20N2O2S/c25-20(18-12-15-4-1-2-5-17(15)18)24-16-8-6-14(7-9-16)19-13-23-21(27-19)22(26)10-3-11-22/h1-2,4-9,13,18,26H,3,10-12H2,(H,24,25). The summed E-state index contributed by atoms with van der Waals surface area (Å²) in [5, 5.41) is 14.3. The maximum atomic E-state index is 12.5. The number of nitrogens with zero attached hydrogens (tertiary/aromatic N) is 1. The van der Waals surface area contributed by atoms with E-state index in [1.807, 2.05) is 48.7 Å². The van der Waals surface area contributed by atoms with E-state index in [4.69, 9.17) is 0 Å². The van der Waals surface area contributed by atoms with E-state index in [1.54, 1.807) is 11.3 Å². The van der Waals surface area contributed by atoms with Gasteiger partial charge in [0.05, 0.1) is 10.8 Å². The van der Waals surface area contributed by atoms with Crippen LogP contribution in [-0.2, 0) is 16.8 Å². The number of hydrogen-bond donors (Lipinski definition) is 2. The molecule has 3 aromatic rings. The van der Waals surface area contributed by atoms with Crippen molar-refractivity contribution in [3.05, 3.63) is 70.9 Å². The van der Waals surface area contributed by atoms with Crippen LogP contribution in [0.4, 0.5) is 5.69 Å². The lowest BCUT2D eigenvalue weighted by atomic mass is 9.77. The Morgan fingerprint density at radius 3 is 2.63 bits per heavy atom. The number of hydrogen-bond acceptors (Lipinski definition) is 4. The summed E-state index contributed by atoms with van der Waals surface area (Å²) in [5.41, 5.74) is 3.54. The molecular formula is C22H20N2O2S. The molecule has 0 saturated heterocycles. The van der Waals surface area contributed by atoms with Crippen LogP contribution in [0.1, 0.15) is 41.3 Å². The van der Waals surface area contributed by atoms with E-state index in [0.717, 1.165) is 52.4 Å². The SMILES string of the molecule is O=C(Nc1ccc(-c2cnc(C3(O)CCC3)s2)cc1)C1Cc2ccccc21. The van der Waals surface area contributed by atoms with Gasteiger partial charge in [-0.1, -0.05) is 36.4 Å². The number of rotatable bonds is 4. The number of fused-ring (bicyclic) bond motifs is 1. The van der Waals surface area contributed by atoms with Gasteiger partial charge in [-0.3, -0.25) is 4.79 Å². The van der Waals surface area contributed by atoms with Gasteiger partial charge in [0, 0.05) is 11.9 Å². The first-order valence-electron chi connectivity index (χ1n) is 9.30. The lowest BCUT2D eigenvalue weighted by Gasteiger charge is -2.34. The van der Waals surface area contributed by atoms with Gasteiger partial charge in [0.15, 0.2) is 0 Å². The largest absolute Gasteiger partial charge is 0.383 e. The van der Waals surface area contributed by atoms with Crippen LogP contribution >= 0.6 is 11.3 Å². The van der Waals surface area contributed by atoms with Crippen LogP contribution in [0, 0.1) is 0 Å². The van der Waals surface area contributed by atoms with Gasteiger partial charge in [0.1, 0.15) is 10.6 Å². The van der Waals surface area contributed by atoms with Crippen molar-refractivity contribution in [1.82, 2.24) is 4.98 Å². The molecule has 27 heavy (non-hydrogen) atoms. The molecule has 1 unspecified atom stereocenters. The van der Waals surface area contributed by atoms with Crippen molar-refractivity contribution < 1.29 is 9.90 Å². The summed E-state index contributed by atoms with van der Waals surface area (Å²) in [6.45, 7) is 0. The molecule has 2 aromatic carbocycles. The fourth-order valence-corrected chi connectivity index (χ4v) is 4.86. The van der Waals surface area contributed by atoms with Crippen molar-refractivity contribution in [3.63, 3.8) is 0 Å². The van der Waals surface area contributed by atoms with E-state index in [2.05, 4.69) is 16.4 Å². The maximum Gasteiger partial charge on any atom is 0.232 e. The zero-order valence-electron chi connectivity index (χ0n) is 14.8. The molecular weight excluding hydrogens is 356 g/mol. The maximum absolute atomic E-state index is 12.5. The van der Waals surface area contributed by atoms with Crippen molar-refractivity contribution in [2.45, 2.75) is 37.2 Å². The number of benzene rings is 2. The molecule has 136 valence electrons. The Kier molecular flexibility index (Phi) is 3.88. The molecule has 1 atom stereocenters. The summed E-state index contributed by atoms with van der Waals surface area (Å²) in [5.74, 6) is 0.00174. The van der Waals surface area contributed by atoms with Gasteiger partial charge >= 0.3 is 0 Å². The third kappa shape index (κ3) is 2.87. The fourth-order valence-electron chi connectivity index (χ4n) is 3.79. The zero-order valence-corrected chi connectivity index (χ0v) is 15.6. The minimum Gasteiger partial charge on any atom is -0.383 e. The molecule has 2 aliphatic carbocycles. The summed E-state index contributed by atoms with van der Waals surface area (Å²) in [6.07, 6.45) is 5.30. The number of anilines is 1. The highest BCUT2D eigenvalue weighted by Gasteiger charge is 2.39. The smallest absolute Gasteiger partial charge is 0.232 e. The number of aromatic nitrogens is 1. The Labute approximate surface area is 161 Å². The van der Waals surface area contributed by atoms with Crippen molar-refractivity contribution in [3.8, 4) is 10.4 Å². The zero-order chi connectivity index (χ0) is 18.4. The molecule has 1 aromatic heterocycles. The van der Waals surface area contributed by atoms with Gasteiger partial charge in [-0.2, -0.15) is 0 Å². The van der Waals surface area contributed by atoms with E-state index in [0.29, 0.717) is 0 Å². The van der Waals surface area contributed by atoms with Crippen LogP contribution in [0.2, 0.25) is 0 Å². The lowest BCUT2D eigenvalue weighted by molar-refractivity contribution is -0.118. The van der Waals surface area contributed by atoms with E-state index < -0.39 is 5.60 Å². The molecule has 1 saturated carbocycles. The van der Waals surface area contributed by atoms with Gasteiger partial charge in [-0.15, -0.1) is 11.3 Å². The Hall–Kier alpha value is -2.50.